The van der Waals surface area contributed by atoms with E-state index in [2.05, 4.69) is 19.2 Å². The number of halogens is 2. The molecule has 0 aliphatic heterocycles. The van der Waals surface area contributed by atoms with E-state index in [0.717, 1.165) is 31.5 Å². The van der Waals surface area contributed by atoms with Crippen LogP contribution in [0, 0.1) is 11.7 Å². The summed E-state index contributed by atoms with van der Waals surface area (Å²) in [6.07, 6.45) is 1.80. The number of nitrogens with one attached hydrogen (secondary N) is 1. The van der Waals surface area contributed by atoms with Crippen molar-refractivity contribution in [1.29, 1.82) is 0 Å². The first-order valence-corrected chi connectivity index (χ1v) is 6.16. The first kappa shape index (κ1) is 13.5. The molecule has 1 rings (SSSR count). The standard InChI is InChI=1S/C13H19ClFN/c1-3-16-7-6-10(2)8-11-9-12(14)4-5-13(11)15/h4-5,9-10,16H,3,6-8H2,1-2H3. The molecule has 0 aromatic heterocycles. The van der Waals surface area contributed by atoms with Crippen molar-refractivity contribution in [2.75, 3.05) is 13.1 Å². The lowest BCUT2D eigenvalue weighted by atomic mass is 9.98. The SMILES string of the molecule is CCNCCC(C)Cc1cc(Cl)ccc1F. The van der Waals surface area contributed by atoms with Crippen molar-refractivity contribution in [3.8, 4) is 0 Å². The smallest absolute Gasteiger partial charge is 0.126 e. The second-order valence-electron chi connectivity index (χ2n) is 4.19. The molecule has 0 radical (unpaired) electrons. The van der Waals surface area contributed by atoms with Gasteiger partial charge in [-0.15, -0.1) is 0 Å². The summed E-state index contributed by atoms with van der Waals surface area (Å²) in [6, 6.07) is 4.75. The zero-order chi connectivity index (χ0) is 12.0. The average Bonchev–Trinajstić information content (AvgIpc) is 2.24. The van der Waals surface area contributed by atoms with Gasteiger partial charge in [-0.05, 0) is 55.6 Å². The molecule has 1 atom stereocenters. The Kier molecular flexibility index (Phi) is 5.78. The van der Waals surface area contributed by atoms with Crippen LogP contribution in [0.2, 0.25) is 5.02 Å². The van der Waals surface area contributed by atoms with Crippen molar-refractivity contribution >= 4 is 11.6 Å². The highest BCUT2D eigenvalue weighted by molar-refractivity contribution is 6.30. The molecule has 1 unspecified atom stereocenters. The minimum absolute atomic E-state index is 0.153. The fourth-order valence-corrected chi connectivity index (χ4v) is 1.90. The van der Waals surface area contributed by atoms with Gasteiger partial charge in [-0.3, -0.25) is 0 Å². The third kappa shape index (κ3) is 4.50. The van der Waals surface area contributed by atoms with Crippen molar-refractivity contribution in [1.82, 2.24) is 5.32 Å². The quantitative estimate of drug-likeness (QED) is 0.752. The summed E-state index contributed by atoms with van der Waals surface area (Å²) in [5.74, 6) is 0.312. The van der Waals surface area contributed by atoms with Crippen molar-refractivity contribution in [2.45, 2.75) is 26.7 Å². The zero-order valence-corrected chi connectivity index (χ0v) is 10.6. The van der Waals surface area contributed by atoms with Gasteiger partial charge in [0.25, 0.3) is 0 Å². The van der Waals surface area contributed by atoms with Gasteiger partial charge in [-0.2, -0.15) is 0 Å². The highest BCUT2D eigenvalue weighted by Gasteiger charge is 2.08. The number of hydrogen-bond acceptors (Lipinski definition) is 1. The van der Waals surface area contributed by atoms with Crippen LogP contribution in [-0.2, 0) is 6.42 Å². The zero-order valence-electron chi connectivity index (χ0n) is 9.89. The molecule has 1 aromatic rings. The van der Waals surface area contributed by atoms with Gasteiger partial charge in [0.1, 0.15) is 5.82 Å². The summed E-state index contributed by atoms with van der Waals surface area (Å²) in [5, 5.41) is 3.88. The number of benzene rings is 1. The molecule has 0 aliphatic carbocycles. The van der Waals surface area contributed by atoms with Crippen LogP contribution >= 0.6 is 11.6 Å². The molecule has 0 heterocycles. The fraction of sp³-hybridized carbons (Fsp3) is 0.538. The first-order chi connectivity index (χ1) is 7.63. The Bertz CT molecular complexity index is 328. The highest BCUT2D eigenvalue weighted by Crippen LogP contribution is 2.19. The fourth-order valence-electron chi connectivity index (χ4n) is 1.70. The molecule has 16 heavy (non-hydrogen) atoms. The molecule has 0 aliphatic rings. The predicted molar refractivity (Wildman–Crippen MR) is 67.4 cm³/mol. The van der Waals surface area contributed by atoms with E-state index >= 15 is 0 Å². The van der Waals surface area contributed by atoms with Crippen molar-refractivity contribution in [3.63, 3.8) is 0 Å². The second-order valence-corrected chi connectivity index (χ2v) is 4.62. The molecule has 1 nitrogen and oxygen atoms in total. The molecular weight excluding hydrogens is 225 g/mol. The lowest BCUT2D eigenvalue weighted by Gasteiger charge is -2.12. The van der Waals surface area contributed by atoms with Crippen LogP contribution in [0.1, 0.15) is 25.8 Å². The Morgan fingerprint density at radius 3 is 2.88 bits per heavy atom. The number of rotatable bonds is 6. The Balaban J connectivity index is 2.48. The topological polar surface area (TPSA) is 12.0 Å². The summed E-state index contributed by atoms with van der Waals surface area (Å²) < 4.78 is 13.4. The van der Waals surface area contributed by atoms with Crippen LogP contribution in [0.4, 0.5) is 4.39 Å². The molecule has 0 saturated heterocycles. The van der Waals surface area contributed by atoms with E-state index < -0.39 is 0 Å². The maximum atomic E-state index is 13.4. The lowest BCUT2D eigenvalue weighted by molar-refractivity contribution is 0.491. The summed E-state index contributed by atoms with van der Waals surface area (Å²) in [7, 11) is 0. The van der Waals surface area contributed by atoms with E-state index in [1.165, 1.54) is 6.07 Å². The van der Waals surface area contributed by atoms with Crippen molar-refractivity contribution < 1.29 is 4.39 Å². The third-order valence-corrected chi connectivity index (χ3v) is 2.88. The lowest BCUT2D eigenvalue weighted by Crippen LogP contribution is -2.17. The second kappa shape index (κ2) is 6.87. The Labute approximate surface area is 102 Å². The molecule has 3 heteroatoms. The van der Waals surface area contributed by atoms with E-state index in [0.29, 0.717) is 10.9 Å². The Hall–Kier alpha value is -0.600. The summed E-state index contributed by atoms with van der Waals surface area (Å²) in [5.41, 5.74) is 0.719. The molecule has 0 amide bonds. The molecule has 0 fully saturated rings. The molecular formula is C13H19ClFN. The normalized spacial score (nSPS) is 12.8. The largest absolute Gasteiger partial charge is 0.317 e. The number of hydrogen-bond donors (Lipinski definition) is 1. The first-order valence-electron chi connectivity index (χ1n) is 5.78. The molecule has 1 N–H and O–H groups in total. The van der Waals surface area contributed by atoms with E-state index in [1.54, 1.807) is 12.1 Å². The van der Waals surface area contributed by atoms with Crippen LogP contribution in [0.25, 0.3) is 0 Å². The molecule has 0 spiro atoms. The van der Waals surface area contributed by atoms with Gasteiger partial charge in [0.2, 0.25) is 0 Å². The van der Waals surface area contributed by atoms with Crippen molar-refractivity contribution in [3.05, 3.63) is 34.6 Å². The highest BCUT2D eigenvalue weighted by atomic mass is 35.5. The predicted octanol–water partition coefficient (Wildman–Crippen LogP) is 3.66. The van der Waals surface area contributed by atoms with Gasteiger partial charge in [0.05, 0.1) is 0 Å². The van der Waals surface area contributed by atoms with E-state index in [1.807, 2.05) is 0 Å². The third-order valence-electron chi connectivity index (χ3n) is 2.64. The average molecular weight is 244 g/mol. The van der Waals surface area contributed by atoms with Gasteiger partial charge < -0.3 is 5.32 Å². The van der Waals surface area contributed by atoms with Crippen LogP contribution in [0.5, 0.6) is 0 Å². The van der Waals surface area contributed by atoms with Gasteiger partial charge in [0, 0.05) is 5.02 Å². The van der Waals surface area contributed by atoms with Gasteiger partial charge >= 0.3 is 0 Å². The van der Waals surface area contributed by atoms with Gasteiger partial charge in [0.15, 0.2) is 0 Å². The van der Waals surface area contributed by atoms with Gasteiger partial charge in [-0.1, -0.05) is 25.4 Å². The van der Waals surface area contributed by atoms with Crippen LogP contribution in [-0.4, -0.2) is 13.1 Å². The summed E-state index contributed by atoms with van der Waals surface area (Å²) >= 11 is 5.85. The van der Waals surface area contributed by atoms with E-state index in [9.17, 15) is 4.39 Å². The maximum absolute atomic E-state index is 13.4. The van der Waals surface area contributed by atoms with Crippen LogP contribution in [0.15, 0.2) is 18.2 Å². The van der Waals surface area contributed by atoms with E-state index in [-0.39, 0.29) is 5.82 Å². The molecule has 90 valence electrons. The molecule has 1 aromatic carbocycles. The molecule has 0 bridgehead atoms. The van der Waals surface area contributed by atoms with Crippen LogP contribution < -0.4 is 5.32 Å². The molecule has 0 saturated carbocycles. The minimum Gasteiger partial charge on any atom is -0.317 e. The van der Waals surface area contributed by atoms with Crippen molar-refractivity contribution in [2.24, 2.45) is 5.92 Å². The maximum Gasteiger partial charge on any atom is 0.126 e. The Morgan fingerprint density at radius 1 is 1.44 bits per heavy atom. The minimum atomic E-state index is -0.153. The van der Waals surface area contributed by atoms with Gasteiger partial charge in [-0.25, -0.2) is 4.39 Å². The van der Waals surface area contributed by atoms with E-state index in [4.69, 9.17) is 11.6 Å². The summed E-state index contributed by atoms with van der Waals surface area (Å²) in [6.45, 7) is 6.19. The van der Waals surface area contributed by atoms with Crippen LogP contribution in [0.3, 0.4) is 0 Å². The Morgan fingerprint density at radius 2 is 2.19 bits per heavy atom. The monoisotopic (exact) mass is 243 g/mol. The summed E-state index contributed by atoms with van der Waals surface area (Å²) in [4.78, 5) is 0.